The molecule has 10 heteroatoms. The Morgan fingerprint density at radius 2 is 2.00 bits per heavy atom. The number of nitrogens with two attached hydrogens (primary N) is 2. The number of aliphatic imine (C=N–C) groups is 1. The lowest BCUT2D eigenvalue weighted by Gasteiger charge is -2.30. The maximum Gasteiger partial charge on any atom is 0.307 e. The molecular weight excluding hydrogens is 410 g/mol. The first kappa shape index (κ1) is 23.2. The number of hydrogen-bond donors (Lipinski definition) is 4. The molecule has 0 saturated heterocycles. The van der Waals surface area contributed by atoms with Crippen LogP contribution in [0, 0.1) is 6.92 Å². The minimum absolute atomic E-state index is 0.0100. The Morgan fingerprint density at radius 3 is 2.75 bits per heavy atom. The van der Waals surface area contributed by atoms with E-state index in [0.29, 0.717) is 17.9 Å². The van der Waals surface area contributed by atoms with Crippen molar-refractivity contribution in [3.05, 3.63) is 29.6 Å². The molecule has 6 N–H and O–H groups in total. The zero-order valence-electron chi connectivity index (χ0n) is 18.6. The van der Waals surface area contributed by atoms with E-state index in [-0.39, 0.29) is 42.8 Å². The highest BCUT2D eigenvalue weighted by Crippen LogP contribution is 2.28. The third-order valence-electron chi connectivity index (χ3n) is 5.34. The Bertz CT molecular complexity index is 1000. The van der Waals surface area contributed by atoms with Crippen molar-refractivity contribution in [2.24, 2.45) is 16.5 Å². The number of benzene rings is 1. The molecule has 2 atom stereocenters. The lowest BCUT2D eigenvalue weighted by Crippen LogP contribution is -2.38. The smallest absolute Gasteiger partial charge is 0.307 e. The van der Waals surface area contributed by atoms with Crippen LogP contribution < -0.4 is 22.1 Å². The van der Waals surface area contributed by atoms with Crippen LogP contribution in [0.2, 0.25) is 0 Å². The van der Waals surface area contributed by atoms with Crippen molar-refractivity contribution in [3.63, 3.8) is 0 Å². The Labute approximate surface area is 187 Å². The van der Waals surface area contributed by atoms with E-state index in [2.05, 4.69) is 25.6 Å². The number of nitrogens with zero attached hydrogens (tertiary/aromatic N) is 3. The van der Waals surface area contributed by atoms with Crippen LogP contribution in [0.4, 0.5) is 5.82 Å². The average Bonchev–Trinajstić information content (AvgIpc) is 2.75. The standard InChI is InChI=1S/C22H31N7O3/c1-3-32-18(30)10-11-25-21(31)20-26-15-9-8-13(2)12-14(15)19(29-20)27-16-6-4-5-7-17(16)28-22(23)24/h8-9,12,16-17H,3-7,10-11H2,1-2H3,(H,25,31)(H4,23,24,28)(H,26,27,29). The molecule has 172 valence electrons. The number of hydrogen-bond acceptors (Lipinski definition) is 7. The zero-order valence-corrected chi connectivity index (χ0v) is 18.6. The van der Waals surface area contributed by atoms with Crippen molar-refractivity contribution in [1.82, 2.24) is 15.3 Å². The van der Waals surface area contributed by atoms with Gasteiger partial charge in [0.15, 0.2) is 5.96 Å². The summed E-state index contributed by atoms with van der Waals surface area (Å²) in [6.07, 6.45) is 3.95. The monoisotopic (exact) mass is 441 g/mol. The Kier molecular flexibility index (Phi) is 7.80. The fourth-order valence-electron chi connectivity index (χ4n) is 3.85. The highest BCUT2D eigenvalue weighted by atomic mass is 16.5. The van der Waals surface area contributed by atoms with E-state index >= 15 is 0 Å². The summed E-state index contributed by atoms with van der Waals surface area (Å²) in [6, 6.07) is 5.71. The molecule has 1 aromatic heterocycles. The third kappa shape index (κ3) is 6.05. The van der Waals surface area contributed by atoms with Crippen molar-refractivity contribution < 1.29 is 14.3 Å². The predicted molar refractivity (Wildman–Crippen MR) is 123 cm³/mol. The number of anilines is 1. The first-order chi connectivity index (χ1) is 15.4. The number of carbonyl (C=O) groups is 2. The van der Waals surface area contributed by atoms with Gasteiger partial charge in [-0.15, -0.1) is 0 Å². The normalized spacial score (nSPS) is 18.1. The number of ether oxygens (including phenoxy) is 1. The van der Waals surface area contributed by atoms with E-state index in [9.17, 15) is 9.59 Å². The minimum atomic E-state index is -0.454. The molecule has 0 spiro atoms. The Morgan fingerprint density at radius 1 is 1.22 bits per heavy atom. The molecule has 1 fully saturated rings. The highest BCUT2D eigenvalue weighted by molar-refractivity contribution is 5.96. The van der Waals surface area contributed by atoms with Crippen molar-refractivity contribution in [3.8, 4) is 0 Å². The van der Waals surface area contributed by atoms with Gasteiger partial charge in [-0.1, -0.05) is 24.5 Å². The molecular formula is C22H31N7O3. The molecule has 2 aromatic rings. The van der Waals surface area contributed by atoms with Gasteiger partial charge in [0.05, 0.1) is 30.6 Å². The molecule has 0 bridgehead atoms. The van der Waals surface area contributed by atoms with Crippen molar-refractivity contribution in [1.29, 1.82) is 0 Å². The van der Waals surface area contributed by atoms with Gasteiger partial charge in [0.25, 0.3) is 5.91 Å². The quantitative estimate of drug-likeness (QED) is 0.273. The van der Waals surface area contributed by atoms with E-state index < -0.39 is 5.91 Å². The summed E-state index contributed by atoms with van der Waals surface area (Å²) >= 11 is 0. The van der Waals surface area contributed by atoms with Crippen LogP contribution in [0.1, 0.15) is 55.2 Å². The lowest BCUT2D eigenvalue weighted by atomic mass is 9.90. The average molecular weight is 442 g/mol. The zero-order chi connectivity index (χ0) is 23.1. The molecule has 3 rings (SSSR count). The summed E-state index contributed by atoms with van der Waals surface area (Å²) in [5, 5.41) is 6.97. The van der Waals surface area contributed by atoms with E-state index in [0.717, 1.165) is 36.6 Å². The van der Waals surface area contributed by atoms with Gasteiger partial charge < -0.3 is 26.8 Å². The number of esters is 1. The summed E-state index contributed by atoms with van der Waals surface area (Å²) in [5.41, 5.74) is 13.0. The van der Waals surface area contributed by atoms with E-state index in [1.165, 1.54) is 0 Å². The maximum atomic E-state index is 12.7. The highest BCUT2D eigenvalue weighted by Gasteiger charge is 2.26. The van der Waals surface area contributed by atoms with E-state index in [1.54, 1.807) is 6.92 Å². The summed E-state index contributed by atoms with van der Waals surface area (Å²) in [7, 11) is 0. The van der Waals surface area contributed by atoms with Crippen molar-refractivity contribution in [2.75, 3.05) is 18.5 Å². The molecule has 1 aromatic carbocycles. The number of carbonyl (C=O) groups excluding carboxylic acids is 2. The number of rotatable bonds is 8. The minimum Gasteiger partial charge on any atom is -0.466 e. The van der Waals surface area contributed by atoms with Crippen LogP contribution in [0.3, 0.4) is 0 Å². The number of amides is 1. The SMILES string of the molecule is CCOC(=O)CCNC(=O)c1nc(NC2CCCCC2N=C(N)N)c2cc(C)ccc2n1. The van der Waals surface area contributed by atoms with Gasteiger partial charge >= 0.3 is 5.97 Å². The van der Waals surface area contributed by atoms with Crippen molar-refractivity contribution >= 4 is 34.6 Å². The molecule has 10 nitrogen and oxygen atoms in total. The van der Waals surface area contributed by atoms with Crippen LogP contribution in [0.5, 0.6) is 0 Å². The fraction of sp³-hybridized carbons (Fsp3) is 0.500. The number of aromatic nitrogens is 2. The number of fused-ring (bicyclic) bond motifs is 1. The van der Waals surface area contributed by atoms with Gasteiger partial charge in [-0.25, -0.2) is 15.0 Å². The van der Waals surface area contributed by atoms with Crippen LogP contribution in [-0.4, -0.2) is 53.0 Å². The van der Waals surface area contributed by atoms with Gasteiger partial charge in [0.1, 0.15) is 5.82 Å². The second-order valence-electron chi connectivity index (χ2n) is 7.88. The van der Waals surface area contributed by atoms with E-state index in [1.807, 2.05) is 25.1 Å². The van der Waals surface area contributed by atoms with Gasteiger partial charge in [-0.05, 0) is 38.8 Å². The molecule has 1 amide bonds. The van der Waals surface area contributed by atoms with Crippen LogP contribution in [-0.2, 0) is 9.53 Å². The second kappa shape index (κ2) is 10.7. The van der Waals surface area contributed by atoms with Gasteiger partial charge in [-0.2, -0.15) is 0 Å². The molecule has 0 radical (unpaired) electrons. The summed E-state index contributed by atoms with van der Waals surface area (Å²) in [6.45, 7) is 4.17. The number of guanidine groups is 1. The summed E-state index contributed by atoms with van der Waals surface area (Å²) < 4.78 is 4.88. The first-order valence-corrected chi connectivity index (χ1v) is 10.9. The second-order valence-corrected chi connectivity index (χ2v) is 7.88. The molecule has 32 heavy (non-hydrogen) atoms. The number of aryl methyl sites for hydroxylation is 1. The van der Waals surface area contributed by atoms with Crippen LogP contribution in [0.15, 0.2) is 23.2 Å². The van der Waals surface area contributed by atoms with Gasteiger partial charge in [0.2, 0.25) is 5.82 Å². The third-order valence-corrected chi connectivity index (χ3v) is 5.34. The predicted octanol–water partition coefficient (Wildman–Crippen LogP) is 1.62. The number of nitrogens with one attached hydrogen (secondary N) is 2. The van der Waals surface area contributed by atoms with E-state index in [4.69, 9.17) is 16.2 Å². The Balaban J connectivity index is 1.85. The van der Waals surface area contributed by atoms with Crippen LogP contribution in [0.25, 0.3) is 10.9 Å². The summed E-state index contributed by atoms with van der Waals surface area (Å²) in [4.78, 5) is 37.5. The molecule has 1 heterocycles. The molecule has 2 unspecified atom stereocenters. The van der Waals surface area contributed by atoms with Crippen LogP contribution >= 0.6 is 0 Å². The van der Waals surface area contributed by atoms with Gasteiger partial charge in [0, 0.05) is 11.9 Å². The summed E-state index contributed by atoms with van der Waals surface area (Å²) in [5.74, 6) is -0.162. The first-order valence-electron chi connectivity index (χ1n) is 10.9. The maximum absolute atomic E-state index is 12.7. The largest absolute Gasteiger partial charge is 0.466 e. The molecule has 0 aliphatic heterocycles. The lowest BCUT2D eigenvalue weighted by molar-refractivity contribution is -0.142. The molecule has 1 aliphatic rings. The van der Waals surface area contributed by atoms with Crippen molar-refractivity contribution in [2.45, 2.75) is 58.0 Å². The van der Waals surface area contributed by atoms with Gasteiger partial charge in [-0.3, -0.25) is 9.59 Å². The Hall–Kier alpha value is -3.43. The fourth-order valence-corrected chi connectivity index (χ4v) is 3.85. The topological polar surface area (TPSA) is 158 Å². The molecule has 1 saturated carbocycles. The molecule has 1 aliphatic carbocycles.